The van der Waals surface area contributed by atoms with Gasteiger partial charge in [-0.05, 0) is 72.9 Å². The number of halogens is 1. The van der Waals surface area contributed by atoms with Crippen molar-refractivity contribution in [2.45, 2.75) is 36.5 Å². The van der Waals surface area contributed by atoms with Crippen LogP contribution in [-0.4, -0.2) is 14.3 Å². The smallest absolute Gasteiger partial charge is 0.264 e. The lowest BCUT2D eigenvalue weighted by Gasteiger charge is -2.27. The molecule has 0 aromatic heterocycles. The van der Waals surface area contributed by atoms with Crippen molar-refractivity contribution in [3.05, 3.63) is 88.9 Å². The van der Waals surface area contributed by atoms with E-state index in [1.165, 1.54) is 12.1 Å². The van der Waals surface area contributed by atoms with E-state index in [-0.39, 0.29) is 4.90 Å². The van der Waals surface area contributed by atoms with Gasteiger partial charge in [-0.2, -0.15) is 0 Å². The van der Waals surface area contributed by atoms with Crippen LogP contribution < -0.4 is 9.46 Å². The number of para-hydroxylation sites is 1. The Kier molecular flexibility index (Phi) is 5.77. The molecule has 0 fully saturated rings. The molecule has 31 heavy (non-hydrogen) atoms. The van der Waals surface area contributed by atoms with Crippen molar-refractivity contribution >= 4 is 27.5 Å². The maximum atomic E-state index is 13.2. The van der Waals surface area contributed by atoms with Crippen LogP contribution in [0.4, 0.5) is 0 Å². The second-order valence-electron chi connectivity index (χ2n) is 7.52. The summed E-state index contributed by atoms with van der Waals surface area (Å²) in [4.78, 5) is 13.2. The quantitative estimate of drug-likeness (QED) is 0.552. The molecule has 1 unspecified atom stereocenters. The molecule has 1 N–H and O–H groups in total. The first-order valence-electron chi connectivity index (χ1n) is 10.0. The van der Waals surface area contributed by atoms with Crippen molar-refractivity contribution in [1.29, 1.82) is 0 Å². The maximum absolute atomic E-state index is 13.2. The maximum Gasteiger partial charge on any atom is 0.264 e. The first-order chi connectivity index (χ1) is 14.9. The molecule has 0 radical (unpaired) electrons. The minimum absolute atomic E-state index is 0.00294. The number of carbonyl (C=O) groups is 1. The molecule has 0 aliphatic heterocycles. The van der Waals surface area contributed by atoms with E-state index in [4.69, 9.17) is 16.3 Å². The Morgan fingerprint density at radius 1 is 1.00 bits per heavy atom. The SMILES string of the molecule is CCC1(C(=O)NS(=O)(=O)c2ccc(Oc3ccccc3)cc2)CCc2c(Cl)cccc21. The van der Waals surface area contributed by atoms with Gasteiger partial charge in [-0.3, -0.25) is 4.79 Å². The van der Waals surface area contributed by atoms with Crippen molar-refractivity contribution in [3.8, 4) is 11.5 Å². The van der Waals surface area contributed by atoms with Crippen LogP contribution in [-0.2, 0) is 26.7 Å². The zero-order chi connectivity index (χ0) is 22.1. The van der Waals surface area contributed by atoms with Crippen molar-refractivity contribution in [2.24, 2.45) is 0 Å². The molecule has 7 heteroatoms. The molecule has 160 valence electrons. The third kappa shape index (κ3) is 4.05. The standard InChI is InChI=1S/C24H22ClNO4S/c1-2-24(16-15-20-21(24)9-6-10-22(20)25)23(27)26-31(28,29)19-13-11-18(12-14-19)30-17-7-4-3-5-8-17/h3-14H,2,15-16H2,1H3,(H,26,27). The second-order valence-corrected chi connectivity index (χ2v) is 9.61. The molecule has 3 aromatic carbocycles. The summed E-state index contributed by atoms with van der Waals surface area (Å²) in [5.41, 5.74) is 0.812. The summed E-state index contributed by atoms with van der Waals surface area (Å²) in [6, 6.07) is 20.6. The molecule has 1 aliphatic carbocycles. The van der Waals surface area contributed by atoms with Crippen molar-refractivity contribution in [2.75, 3.05) is 0 Å². The number of ether oxygens (including phenoxy) is 1. The Labute approximate surface area is 187 Å². The average molecular weight is 456 g/mol. The van der Waals surface area contributed by atoms with Gasteiger partial charge in [0.25, 0.3) is 10.0 Å². The topological polar surface area (TPSA) is 72.5 Å². The summed E-state index contributed by atoms with van der Waals surface area (Å²) in [6.45, 7) is 1.89. The van der Waals surface area contributed by atoms with Gasteiger partial charge in [-0.25, -0.2) is 13.1 Å². The van der Waals surface area contributed by atoms with Crippen molar-refractivity contribution < 1.29 is 17.9 Å². The molecule has 3 aromatic rings. The summed E-state index contributed by atoms with van der Waals surface area (Å²) < 4.78 is 33.8. The minimum atomic E-state index is -4.04. The van der Waals surface area contributed by atoms with E-state index in [2.05, 4.69) is 4.72 Å². The molecule has 0 saturated heterocycles. The first-order valence-corrected chi connectivity index (χ1v) is 11.9. The van der Waals surface area contributed by atoms with Gasteiger partial charge in [0.15, 0.2) is 0 Å². The number of amides is 1. The summed E-state index contributed by atoms with van der Waals surface area (Å²) in [7, 11) is -4.04. The Balaban J connectivity index is 1.55. The third-order valence-corrected chi connectivity index (χ3v) is 7.52. The monoisotopic (exact) mass is 455 g/mol. The summed E-state index contributed by atoms with van der Waals surface area (Å²) in [5, 5.41) is 0.609. The van der Waals surface area contributed by atoms with E-state index in [0.29, 0.717) is 35.8 Å². The number of benzene rings is 3. The van der Waals surface area contributed by atoms with Gasteiger partial charge >= 0.3 is 0 Å². The number of nitrogens with one attached hydrogen (secondary N) is 1. The number of rotatable bonds is 6. The predicted octanol–water partition coefficient (Wildman–Crippen LogP) is 5.23. The molecule has 4 rings (SSSR count). The Morgan fingerprint density at radius 3 is 2.35 bits per heavy atom. The highest BCUT2D eigenvalue weighted by Crippen LogP contribution is 2.44. The largest absolute Gasteiger partial charge is 0.457 e. The van der Waals surface area contributed by atoms with E-state index in [1.54, 1.807) is 36.4 Å². The van der Waals surface area contributed by atoms with Gasteiger partial charge in [0.05, 0.1) is 10.3 Å². The Hall–Kier alpha value is -2.83. The number of hydrogen-bond acceptors (Lipinski definition) is 4. The highest BCUT2D eigenvalue weighted by molar-refractivity contribution is 7.90. The lowest BCUT2D eigenvalue weighted by Crippen LogP contribution is -2.45. The van der Waals surface area contributed by atoms with E-state index < -0.39 is 21.3 Å². The summed E-state index contributed by atoms with van der Waals surface area (Å²) >= 11 is 6.30. The fraction of sp³-hybridized carbons (Fsp3) is 0.208. The molecular weight excluding hydrogens is 434 g/mol. The third-order valence-electron chi connectivity index (χ3n) is 5.81. The summed E-state index contributed by atoms with van der Waals surface area (Å²) in [6.07, 6.45) is 1.64. The first kappa shape index (κ1) is 21.4. The van der Waals surface area contributed by atoms with Crippen LogP contribution in [0.25, 0.3) is 0 Å². The number of hydrogen-bond donors (Lipinski definition) is 1. The van der Waals surface area contributed by atoms with Gasteiger partial charge in [-0.15, -0.1) is 0 Å². The summed E-state index contributed by atoms with van der Waals surface area (Å²) in [5.74, 6) is 0.622. The lowest BCUT2D eigenvalue weighted by molar-refractivity contribution is -0.125. The Morgan fingerprint density at radius 2 is 1.68 bits per heavy atom. The zero-order valence-electron chi connectivity index (χ0n) is 17.0. The molecular formula is C24H22ClNO4S. The fourth-order valence-electron chi connectivity index (χ4n) is 4.09. The van der Waals surface area contributed by atoms with Gasteiger partial charge < -0.3 is 4.74 Å². The lowest BCUT2D eigenvalue weighted by atomic mass is 9.79. The van der Waals surface area contributed by atoms with Crippen LogP contribution in [0, 0.1) is 0 Å². The van der Waals surface area contributed by atoms with Crippen LogP contribution >= 0.6 is 11.6 Å². The highest BCUT2D eigenvalue weighted by Gasteiger charge is 2.45. The average Bonchev–Trinajstić information content (AvgIpc) is 3.16. The van der Waals surface area contributed by atoms with Gasteiger partial charge in [-0.1, -0.05) is 48.9 Å². The molecule has 5 nitrogen and oxygen atoms in total. The van der Waals surface area contributed by atoms with Crippen LogP contribution in [0.5, 0.6) is 11.5 Å². The number of sulfonamides is 1. The molecule has 0 heterocycles. The van der Waals surface area contributed by atoms with Crippen LogP contribution in [0.15, 0.2) is 77.7 Å². The zero-order valence-corrected chi connectivity index (χ0v) is 18.5. The van der Waals surface area contributed by atoms with E-state index in [1.807, 2.05) is 31.2 Å². The predicted molar refractivity (Wildman–Crippen MR) is 120 cm³/mol. The normalized spacial score (nSPS) is 17.7. The van der Waals surface area contributed by atoms with Gasteiger partial charge in [0, 0.05) is 5.02 Å². The van der Waals surface area contributed by atoms with Gasteiger partial charge in [0.2, 0.25) is 5.91 Å². The molecule has 0 saturated carbocycles. The van der Waals surface area contributed by atoms with Crippen molar-refractivity contribution in [1.82, 2.24) is 4.72 Å². The fourth-order valence-corrected chi connectivity index (χ4v) is 5.41. The number of carbonyl (C=O) groups excluding carboxylic acids is 1. The Bertz CT molecular complexity index is 1210. The van der Waals surface area contributed by atoms with Crippen LogP contribution in [0.2, 0.25) is 5.02 Å². The van der Waals surface area contributed by atoms with E-state index in [9.17, 15) is 13.2 Å². The number of fused-ring (bicyclic) bond motifs is 1. The molecule has 1 amide bonds. The van der Waals surface area contributed by atoms with Crippen molar-refractivity contribution in [3.63, 3.8) is 0 Å². The van der Waals surface area contributed by atoms with E-state index in [0.717, 1.165) is 11.1 Å². The molecule has 0 bridgehead atoms. The highest BCUT2D eigenvalue weighted by atomic mass is 35.5. The van der Waals surface area contributed by atoms with Crippen LogP contribution in [0.1, 0.15) is 30.9 Å². The molecule has 1 atom stereocenters. The molecule has 1 aliphatic rings. The van der Waals surface area contributed by atoms with Gasteiger partial charge in [0.1, 0.15) is 11.5 Å². The second kappa shape index (κ2) is 8.36. The van der Waals surface area contributed by atoms with E-state index >= 15 is 0 Å². The minimum Gasteiger partial charge on any atom is -0.457 e. The molecule has 0 spiro atoms. The van der Waals surface area contributed by atoms with Crippen LogP contribution in [0.3, 0.4) is 0 Å².